The van der Waals surface area contributed by atoms with Crippen LogP contribution in [0.25, 0.3) is 10.2 Å². The summed E-state index contributed by atoms with van der Waals surface area (Å²) in [5.41, 5.74) is 4.23. The molecule has 2 saturated heterocycles. The van der Waals surface area contributed by atoms with Gasteiger partial charge in [0.05, 0.1) is 27.8 Å². The number of fused-ring (bicyclic) bond motifs is 1. The molecule has 0 saturated carbocycles. The number of nitrogens with zero attached hydrogens (tertiary/aromatic N) is 3. The summed E-state index contributed by atoms with van der Waals surface area (Å²) in [5.74, 6) is -0.225. The first-order valence-corrected chi connectivity index (χ1v) is 14.9. The molecule has 36 heavy (non-hydrogen) atoms. The Morgan fingerprint density at radius 1 is 1.08 bits per heavy atom. The predicted molar refractivity (Wildman–Crippen MR) is 143 cm³/mol. The number of aryl methyl sites for hydroxylation is 3. The first kappa shape index (κ1) is 25.3. The summed E-state index contributed by atoms with van der Waals surface area (Å²) in [6.45, 7) is 7.92. The Morgan fingerprint density at radius 3 is 2.47 bits per heavy atom. The first-order chi connectivity index (χ1) is 17.2. The number of rotatable bonds is 6. The molecule has 0 spiro atoms. The summed E-state index contributed by atoms with van der Waals surface area (Å²) < 4.78 is 34.7. The number of ether oxygens (including phenoxy) is 1. The number of anilines is 1. The number of thiazole rings is 1. The fourth-order valence-electron chi connectivity index (χ4n) is 5.15. The van der Waals surface area contributed by atoms with Crippen molar-refractivity contribution in [1.82, 2.24) is 9.29 Å². The molecule has 0 radical (unpaired) electrons. The van der Waals surface area contributed by atoms with E-state index in [1.165, 1.54) is 9.87 Å². The molecule has 7 nitrogen and oxygen atoms in total. The molecule has 1 aromatic heterocycles. The fraction of sp³-hybridized carbons (Fsp3) is 0.481. The molecule has 5 rings (SSSR count). The lowest BCUT2D eigenvalue weighted by molar-refractivity contribution is -0.123. The number of piperidine rings is 1. The van der Waals surface area contributed by atoms with Crippen LogP contribution < -0.4 is 4.90 Å². The lowest BCUT2D eigenvalue weighted by atomic mass is 9.96. The Labute approximate surface area is 217 Å². The van der Waals surface area contributed by atoms with Gasteiger partial charge in [-0.25, -0.2) is 13.4 Å². The summed E-state index contributed by atoms with van der Waals surface area (Å²) in [7, 11) is -3.57. The Kier molecular flexibility index (Phi) is 7.18. The van der Waals surface area contributed by atoms with E-state index in [-0.39, 0.29) is 17.9 Å². The van der Waals surface area contributed by atoms with E-state index in [9.17, 15) is 13.2 Å². The zero-order valence-corrected chi connectivity index (χ0v) is 22.7. The van der Waals surface area contributed by atoms with Gasteiger partial charge in [0.15, 0.2) is 5.13 Å². The van der Waals surface area contributed by atoms with Gasteiger partial charge in [-0.15, -0.1) is 0 Å². The smallest absolute Gasteiger partial charge is 0.243 e. The first-order valence-electron chi connectivity index (χ1n) is 12.6. The highest BCUT2D eigenvalue weighted by Crippen LogP contribution is 2.34. The van der Waals surface area contributed by atoms with E-state index < -0.39 is 10.0 Å². The number of benzene rings is 2. The molecule has 9 heteroatoms. The second kappa shape index (κ2) is 10.2. The van der Waals surface area contributed by atoms with Crippen molar-refractivity contribution < 1.29 is 17.9 Å². The third-order valence-electron chi connectivity index (χ3n) is 7.19. The number of hydrogen-bond acceptors (Lipinski definition) is 6. The van der Waals surface area contributed by atoms with Crippen LogP contribution in [0, 0.1) is 26.7 Å². The van der Waals surface area contributed by atoms with Gasteiger partial charge in [-0.1, -0.05) is 35.1 Å². The van der Waals surface area contributed by atoms with Crippen LogP contribution in [0.1, 0.15) is 42.4 Å². The highest BCUT2D eigenvalue weighted by molar-refractivity contribution is 7.89. The largest absolute Gasteiger partial charge is 0.376 e. The monoisotopic (exact) mass is 527 g/mol. The van der Waals surface area contributed by atoms with Crippen molar-refractivity contribution in [3.05, 3.63) is 53.1 Å². The number of sulfonamides is 1. The van der Waals surface area contributed by atoms with Crippen LogP contribution in [-0.2, 0) is 19.6 Å². The SMILES string of the molecule is Cc1ccc(S(=O)(=O)N2CCC(C(=O)N(CC3CCCO3)c3nc4c(C)cc(C)cc4s3)CC2)cc1. The van der Waals surface area contributed by atoms with Gasteiger partial charge in [0.25, 0.3) is 0 Å². The van der Waals surface area contributed by atoms with Crippen LogP contribution in [0.3, 0.4) is 0 Å². The van der Waals surface area contributed by atoms with Gasteiger partial charge in [0.1, 0.15) is 0 Å². The van der Waals surface area contributed by atoms with Crippen LogP contribution in [0.4, 0.5) is 5.13 Å². The van der Waals surface area contributed by atoms with E-state index in [1.54, 1.807) is 23.5 Å². The van der Waals surface area contributed by atoms with Crippen LogP contribution in [-0.4, -0.2) is 56.0 Å². The Balaban J connectivity index is 1.35. The van der Waals surface area contributed by atoms with Gasteiger partial charge >= 0.3 is 0 Å². The molecule has 3 aromatic rings. The van der Waals surface area contributed by atoms with Crippen molar-refractivity contribution in [1.29, 1.82) is 0 Å². The maximum atomic E-state index is 13.8. The third kappa shape index (κ3) is 5.07. The number of carbonyl (C=O) groups is 1. The molecule has 0 N–H and O–H groups in total. The van der Waals surface area contributed by atoms with E-state index in [0.29, 0.717) is 42.5 Å². The second-order valence-corrected chi connectivity index (χ2v) is 12.9. The summed E-state index contributed by atoms with van der Waals surface area (Å²) in [5, 5.41) is 0.703. The number of amides is 1. The molecule has 2 aliphatic heterocycles. The molecule has 1 amide bonds. The molecular weight excluding hydrogens is 494 g/mol. The molecule has 1 unspecified atom stereocenters. The highest BCUT2D eigenvalue weighted by atomic mass is 32.2. The molecule has 2 fully saturated rings. The van der Waals surface area contributed by atoms with Gasteiger partial charge in [0, 0.05) is 25.6 Å². The van der Waals surface area contributed by atoms with Crippen molar-refractivity contribution in [3.8, 4) is 0 Å². The summed E-state index contributed by atoms with van der Waals surface area (Å²) in [6.07, 6.45) is 2.93. The lowest BCUT2D eigenvalue weighted by Crippen LogP contribution is -2.46. The van der Waals surface area contributed by atoms with E-state index in [0.717, 1.165) is 40.8 Å². The highest BCUT2D eigenvalue weighted by Gasteiger charge is 2.36. The van der Waals surface area contributed by atoms with Gasteiger partial charge in [-0.05, 0) is 75.8 Å². The van der Waals surface area contributed by atoms with Crippen molar-refractivity contribution in [2.75, 3.05) is 31.1 Å². The normalized spacial score (nSPS) is 19.7. The van der Waals surface area contributed by atoms with Gasteiger partial charge in [0.2, 0.25) is 15.9 Å². The zero-order chi connectivity index (χ0) is 25.4. The van der Waals surface area contributed by atoms with Crippen LogP contribution in [0.2, 0.25) is 0 Å². The molecule has 1 atom stereocenters. The molecule has 0 aliphatic carbocycles. The zero-order valence-electron chi connectivity index (χ0n) is 21.1. The standard InChI is InChI=1S/C27H33N3O4S2/c1-18-6-8-23(9-7-18)36(32,33)29-12-10-21(11-13-29)26(31)30(17-22-5-4-14-34-22)27-28-25-20(3)15-19(2)16-24(25)35-27/h6-9,15-16,21-22H,4-5,10-14,17H2,1-3H3. The summed E-state index contributed by atoms with van der Waals surface area (Å²) in [6, 6.07) is 11.2. The third-order valence-corrected chi connectivity index (χ3v) is 10.1. The van der Waals surface area contributed by atoms with Crippen LogP contribution in [0.15, 0.2) is 41.3 Å². The fourth-order valence-corrected chi connectivity index (χ4v) is 7.78. The van der Waals surface area contributed by atoms with E-state index in [4.69, 9.17) is 9.72 Å². The Hall–Kier alpha value is -2.33. The van der Waals surface area contributed by atoms with Crippen molar-refractivity contribution >= 4 is 42.6 Å². The van der Waals surface area contributed by atoms with Crippen molar-refractivity contribution in [2.24, 2.45) is 5.92 Å². The Morgan fingerprint density at radius 2 is 1.81 bits per heavy atom. The van der Waals surface area contributed by atoms with Gasteiger partial charge in [-0.3, -0.25) is 9.69 Å². The second-order valence-electron chi connectivity index (χ2n) is 10.0. The molecule has 0 bridgehead atoms. The van der Waals surface area contributed by atoms with Crippen LogP contribution >= 0.6 is 11.3 Å². The minimum atomic E-state index is -3.57. The number of aromatic nitrogens is 1. The molecule has 3 heterocycles. The number of hydrogen-bond donors (Lipinski definition) is 0. The average Bonchev–Trinajstić information content (AvgIpc) is 3.52. The van der Waals surface area contributed by atoms with Crippen molar-refractivity contribution in [3.63, 3.8) is 0 Å². The van der Waals surface area contributed by atoms with E-state index in [2.05, 4.69) is 26.0 Å². The van der Waals surface area contributed by atoms with Gasteiger partial charge < -0.3 is 4.74 Å². The summed E-state index contributed by atoms with van der Waals surface area (Å²) >= 11 is 1.54. The van der Waals surface area contributed by atoms with Gasteiger partial charge in [-0.2, -0.15) is 4.31 Å². The molecule has 192 valence electrons. The lowest BCUT2D eigenvalue weighted by Gasteiger charge is -2.33. The minimum Gasteiger partial charge on any atom is -0.376 e. The van der Waals surface area contributed by atoms with Crippen molar-refractivity contribution in [2.45, 2.75) is 57.5 Å². The number of carbonyl (C=O) groups excluding carboxylic acids is 1. The quantitative estimate of drug-likeness (QED) is 0.459. The molecular formula is C27H33N3O4S2. The predicted octanol–water partition coefficient (Wildman–Crippen LogP) is 4.83. The topological polar surface area (TPSA) is 79.8 Å². The van der Waals surface area contributed by atoms with E-state index >= 15 is 0 Å². The molecule has 2 aromatic carbocycles. The summed E-state index contributed by atoms with van der Waals surface area (Å²) in [4.78, 5) is 20.8. The average molecular weight is 528 g/mol. The van der Waals surface area contributed by atoms with Crippen LogP contribution in [0.5, 0.6) is 0 Å². The Bertz CT molecular complexity index is 1350. The molecule has 2 aliphatic rings. The maximum Gasteiger partial charge on any atom is 0.243 e. The van der Waals surface area contributed by atoms with E-state index in [1.807, 2.05) is 24.0 Å². The maximum absolute atomic E-state index is 13.8. The minimum absolute atomic E-state index is 0.00537.